The molecule has 2 fully saturated rings. The van der Waals surface area contributed by atoms with Gasteiger partial charge in [-0.25, -0.2) is 4.98 Å². The first-order valence-electron chi connectivity index (χ1n) is 10.6. The smallest absolute Gasteiger partial charge is 0.261 e. The summed E-state index contributed by atoms with van der Waals surface area (Å²) in [6, 6.07) is 7.30. The van der Waals surface area contributed by atoms with Crippen molar-refractivity contribution >= 4 is 22.7 Å². The van der Waals surface area contributed by atoms with E-state index >= 15 is 0 Å². The molecule has 8 heteroatoms. The number of piperidine rings is 1. The molecule has 2 N–H and O–H groups in total. The average molecular weight is 412 g/mol. The third kappa shape index (κ3) is 4.38. The molecule has 8 nitrogen and oxygen atoms in total. The van der Waals surface area contributed by atoms with Crippen molar-refractivity contribution < 1.29 is 14.3 Å². The molecule has 4 atom stereocenters. The van der Waals surface area contributed by atoms with Crippen LogP contribution in [0.4, 0.5) is 0 Å². The number of hydrogen-bond donors (Lipinski definition) is 2. The zero-order valence-electron chi connectivity index (χ0n) is 17.2. The van der Waals surface area contributed by atoms with Crippen LogP contribution in [0.2, 0.25) is 0 Å². The Labute approximate surface area is 175 Å². The molecular formula is C22H28N4O4. The van der Waals surface area contributed by atoms with E-state index < -0.39 is 0 Å². The van der Waals surface area contributed by atoms with Crippen LogP contribution in [-0.4, -0.2) is 47.2 Å². The lowest BCUT2D eigenvalue weighted by atomic mass is 9.71. The van der Waals surface area contributed by atoms with E-state index in [4.69, 9.17) is 4.74 Å². The summed E-state index contributed by atoms with van der Waals surface area (Å²) in [6.45, 7) is 0.883. The highest BCUT2D eigenvalue weighted by Gasteiger charge is 2.40. The quantitative estimate of drug-likeness (QED) is 0.743. The van der Waals surface area contributed by atoms with Crippen LogP contribution in [0.15, 0.2) is 35.4 Å². The van der Waals surface area contributed by atoms with Crippen molar-refractivity contribution in [2.45, 2.75) is 50.7 Å². The summed E-state index contributed by atoms with van der Waals surface area (Å²) in [6.07, 6.45) is 4.80. The molecule has 30 heavy (non-hydrogen) atoms. The second-order valence-electron chi connectivity index (χ2n) is 8.35. The number of carbonyl (C=O) groups is 2. The molecule has 1 aliphatic heterocycles. The SMILES string of the molecule is COCC1CC(=O)NC2CC(NC(=O)CCn3cnc4ccccc4c3=O)CCC12. The molecule has 1 saturated carbocycles. The van der Waals surface area contributed by atoms with Crippen LogP contribution >= 0.6 is 0 Å². The van der Waals surface area contributed by atoms with E-state index in [-0.39, 0.29) is 48.3 Å². The number of carbonyl (C=O) groups excluding carboxylic acids is 2. The fourth-order valence-electron chi connectivity index (χ4n) is 4.89. The standard InChI is InChI=1S/C22H28N4O4/c1-30-12-14-10-21(28)25-19-11-15(6-7-16(14)19)24-20(27)8-9-26-13-23-18-5-3-2-4-17(18)22(26)29/h2-5,13-16,19H,6-12H2,1H3,(H,24,27)(H,25,28). The monoisotopic (exact) mass is 412 g/mol. The molecule has 160 valence electrons. The van der Waals surface area contributed by atoms with E-state index in [2.05, 4.69) is 15.6 Å². The van der Waals surface area contributed by atoms with E-state index in [1.807, 2.05) is 6.07 Å². The first-order chi connectivity index (χ1) is 14.5. The number of amides is 2. The van der Waals surface area contributed by atoms with Crippen molar-refractivity contribution in [2.24, 2.45) is 11.8 Å². The molecule has 4 unspecified atom stereocenters. The lowest BCUT2D eigenvalue weighted by Gasteiger charge is -2.43. The highest BCUT2D eigenvalue weighted by atomic mass is 16.5. The maximum absolute atomic E-state index is 12.5. The highest BCUT2D eigenvalue weighted by Crippen LogP contribution is 2.35. The lowest BCUT2D eigenvalue weighted by molar-refractivity contribution is -0.128. The van der Waals surface area contributed by atoms with E-state index in [1.54, 1.807) is 25.3 Å². The predicted molar refractivity (Wildman–Crippen MR) is 112 cm³/mol. The van der Waals surface area contributed by atoms with Crippen LogP contribution < -0.4 is 16.2 Å². The van der Waals surface area contributed by atoms with Crippen LogP contribution in [0.3, 0.4) is 0 Å². The summed E-state index contributed by atoms with van der Waals surface area (Å²) in [4.78, 5) is 41.4. The molecule has 2 aliphatic rings. The molecule has 4 rings (SSSR count). The van der Waals surface area contributed by atoms with Gasteiger partial charge in [-0.1, -0.05) is 12.1 Å². The molecule has 1 aromatic heterocycles. The van der Waals surface area contributed by atoms with Crippen molar-refractivity contribution in [1.29, 1.82) is 0 Å². The van der Waals surface area contributed by atoms with Gasteiger partial charge in [0.25, 0.3) is 5.56 Å². The number of para-hydroxylation sites is 1. The van der Waals surface area contributed by atoms with E-state index in [9.17, 15) is 14.4 Å². The summed E-state index contributed by atoms with van der Waals surface area (Å²) in [5.74, 6) is 0.623. The van der Waals surface area contributed by atoms with Gasteiger partial charge in [0.2, 0.25) is 11.8 Å². The normalized spacial score (nSPS) is 26.1. The molecule has 0 spiro atoms. The predicted octanol–water partition coefficient (Wildman–Crippen LogP) is 1.22. The van der Waals surface area contributed by atoms with Crippen molar-refractivity contribution in [3.63, 3.8) is 0 Å². The van der Waals surface area contributed by atoms with Gasteiger partial charge in [0, 0.05) is 45.2 Å². The van der Waals surface area contributed by atoms with Crippen LogP contribution in [0, 0.1) is 11.8 Å². The Morgan fingerprint density at radius 2 is 2.13 bits per heavy atom. The van der Waals surface area contributed by atoms with Gasteiger partial charge in [-0.2, -0.15) is 0 Å². The summed E-state index contributed by atoms with van der Waals surface area (Å²) in [5.41, 5.74) is 0.518. The molecule has 1 aromatic carbocycles. The minimum Gasteiger partial charge on any atom is -0.384 e. The van der Waals surface area contributed by atoms with Crippen LogP contribution in [0.25, 0.3) is 10.9 Å². The Kier molecular flexibility index (Phi) is 6.13. The average Bonchev–Trinajstić information content (AvgIpc) is 2.73. The number of hydrogen-bond acceptors (Lipinski definition) is 5. The maximum Gasteiger partial charge on any atom is 0.261 e. The van der Waals surface area contributed by atoms with Gasteiger partial charge in [0.15, 0.2) is 0 Å². The van der Waals surface area contributed by atoms with Gasteiger partial charge in [0.1, 0.15) is 0 Å². The number of benzene rings is 1. The minimum atomic E-state index is -0.136. The molecule has 1 aliphatic carbocycles. The number of aryl methyl sites for hydroxylation is 1. The van der Waals surface area contributed by atoms with E-state index in [0.29, 0.717) is 29.8 Å². The third-order valence-corrected chi connectivity index (χ3v) is 6.36. The Morgan fingerprint density at radius 3 is 2.97 bits per heavy atom. The molecule has 2 amide bonds. The lowest BCUT2D eigenvalue weighted by Crippen LogP contribution is -2.56. The largest absolute Gasteiger partial charge is 0.384 e. The summed E-state index contributed by atoms with van der Waals surface area (Å²) >= 11 is 0. The van der Waals surface area contributed by atoms with Gasteiger partial charge >= 0.3 is 0 Å². The van der Waals surface area contributed by atoms with Gasteiger partial charge in [-0.05, 0) is 43.2 Å². The van der Waals surface area contributed by atoms with Crippen molar-refractivity contribution in [3.05, 3.63) is 40.9 Å². The number of aromatic nitrogens is 2. The minimum absolute atomic E-state index is 0.0341. The second-order valence-corrected chi connectivity index (χ2v) is 8.35. The number of fused-ring (bicyclic) bond motifs is 2. The molecular weight excluding hydrogens is 384 g/mol. The van der Waals surface area contributed by atoms with Crippen molar-refractivity contribution in [3.8, 4) is 0 Å². The Balaban J connectivity index is 1.32. The summed E-state index contributed by atoms with van der Waals surface area (Å²) in [5, 5.41) is 6.73. The molecule has 2 aromatic rings. The van der Waals surface area contributed by atoms with E-state index in [1.165, 1.54) is 10.9 Å². The maximum atomic E-state index is 12.5. The van der Waals surface area contributed by atoms with E-state index in [0.717, 1.165) is 19.3 Å². The van der Waals surface area contributed by atoms with Gasteiger partial charge in [-0.15, -0.1) is 0 Å². The second kappa shape index (κ2) is 8.95. The van der Waals surface area contributed by atoms with Crippen LogP contribution in [0.1, 0.15) is 32.1 Å². The van der Waals surface area contributed by atoms with Crippen LogP contribution in [-0.2, 0) is 20.9 Å². The fourth-order valence-corrected chi connectivity index (χ4v) is 4.89. The van der Waals surface area contributed by atoms with Gasteiger partial charge in [-0.3, -0.25) is 19.0 Å². The molecule has 0 bridgehead atoms. The zero-order valence-corrected chi connectivity index (χ0v) is 17.2. The number of methoxy groups -OCH3 is 1. The molecule has 2 heterocycles. The summed E-state index contributed by atoms with van der Waals surface area (Å²) in [7, 11) is 1.67. The number of rotatable bonds is 6. The zero-order chi connectivity index (χ0) is 21.1. The number of nitrogens with zero attached hydrogens (tertiary/aromatic N) is 2. The van der Waals surface area contributed by atoms with Crippen molar-refractivity contribution in [2.75, 3.05) is 13.7 Å². The van der Waals surface area contributed by atoms with Gasteiger partial charge < -0.3 is 15.4 Å². The molecule has 1 saturated heterocycles. The summed E-state index contributed by atoms with van der Waals surface area (Å²) < 4.78 is 6.78. The van der Waals surface area contributed by atoms with Crippen LogP contribution in [0.5, 0.6) is 0 Å². The first kappa shape index (κ1) is 20.5. The fraction of sp³-hybridized carbons (Fsp3) is 0.545. The topological polar surface area (TPSA) is 102 Å². The number of ether oxygens (including phenoxy) is 1. The van der Waals surface area contributed by atoms with Gasteiger partial charge in [0.05, 0.1) is 17.2 Å². The molecule has 0 radical (unpaired) electrons. The Hall–Kier alpha value is -2.74. The third-order valence-electron chi connectivity index (χ3n) is 6.36. The first-order valence-corrected chi connectivity index (χ1v) is 10.6. The number of nitrogens with one attached hydrogen (secondary N) is 2. The Morgan fingerprint density at radius 1 is 1.30 bits per heavy atom. The Bertz CT molecular complexity index is 989. The highest BCUT2D eigenvalue weighted by molar-refractivity contribution is 5.78. The van der Waals surface area contributed by atoms with Crippen molar-refractivity contribution in [1.82, 2.24) is 20.2 Å².